The predicted octanol–water partition coefficient (Wildman–Crippen LogP) is 3.90. The van der Waals surface area contributed by atoms with E-state index in [4.69, 9.17) is 16.3 Å². The van der Waals surface area contributed by atoms with Crippen LogP contribution in [0.1, 0.15) is 26.6 Å². The molecule has 0 aliphatic heterocycles. The third-order valence-electron chi connectivity index (χ3n) is 3.47. The molecule has 0 spiro atoms. The topological polar surface area (TPSA) is 72.0 Å². The predicted molar refractivity (Wildman–Crippen MR) is 96.7 cm³/mol. The van der Waals surface area contributed by atoms with Crippen molar-refractivity contribution in [2.75, 3.05) is 7.11 Å². The average molecular weight is 361 g/mol. The molecule has 0 aliphatic carbocycles. The van der Waals surface area contributed by atoms with Crippen molar-refractivity contribution in [3.05, 3.63) is 61.5 Å². The maximum Gasteiger partial charge on any atom is 0.348 e. The van der Waals surface area contributed by atoms with Crippen molar-refractivity contribution in [2.24, 2.45) is 0 Å². The summed E-state index contributed by atoms with van der Waals surface area (Å²) in [6.45, 7) is 1.71. The van der Waals surface area contributed by atoms with Gasteiger partial charge in [-0.1, -0.05) is 29.8 Å². The van der Waals surface area contributed by atoms with Crippen LogP contribution in [-0.4, -0.2) is 23.0 Å². The Hall–Kier alpha value is -2.44. The summed E-state index contributed by atoms with van der Waals surface area (Å²) in [6, 6.07) is 7.32. The maximum atomic E-state index is 12.3. The Kier molecular flexibility index (Phi) is 4.51. The minimum absolute atomic E-state index is 0.283. The van der Waals surface area contributed by atoms with Crippen LogP contribution >= 0.6 is 22.9 Å². The Morgan fingerprint density at radius 2 is 2.17 bits per heavy atom. The van der Waals surface area contributed by atoms with Crippen LogP contribution < -0.4 is 5.56 Å². The maximum absolute atomic E-state index is 12.3. The first-order chi connectivity index (χ1) is 11.5. The van der Waals surface area contributed by atoms with Crippen molar-refractivity contribution in [3.63, 3.8) is 0 Å². The molecule has 5 nitrogen and oxygen atoms in total. The molecule has 0 bridgehead atoms. The zero-order chi connectivity index (χ0) is 17.3. The summed E-state index contributed by atoms with van der Waals surface area (Å²) in [6.07, 6.45) is 3.50. The molecule has 0 radical (unpaired) electrons. The van der Waals surface area contributed by atoms with Crippen LogP contribution in [0, 0.1) is 6.92 Å². The van der Waals surface area contributed by atoms with E-state index in [0.29, 0.717) is 31.5 Å². The second kappa shape index (κ2) is 6.59. The van der Waals surface area contributed by atoms with Gasteiger partial charge in [0.25, 0.3) is 5.56 Å². The third-order valence-corrected chi connectivity index (χ3v) is 4.87. The van der Waals surface area contributed by atoms with E-state index in [2.05, 4.69) is 9.97 Å². The number of methoxy groups -OCH3 is 1. The summed E-state index contributed by atoms with van der Waals surface area (Å²) in [5.74, 6) is -0.0592. The Labute approximate surface area is 146 Å². The minimum atomic E-state index is -0.467. The molecular weight excluding hydrogens is 348 g/mol. The highest BCUT2D eigenvalue weighted by Gasteiger charge is 2.19. The summed E-state index contributed by atoms with van der Waals surface area (Å²) in [5.41, 5.74) is 1.19. The lowest BCUT2D eigenvalue weighted by atomic mass is 10.2. The number of carbonyl (C=O) groups is 1. The molecule has 0 saturated carbocycles. The van der Waals surface area contributed by atoms with E-state index in [-0.39, 0.29) is 5.56 Å². The first-order valence-electron chi connectivity index (χ1n) is 7.05. The number of aromatic nitrogens is 2. The average Bonchev–Trinajstić information content (AvgIpc) is 2.89. The summed E-state index contributed by atoms with van der Waals surface area (Å²) >= 11 is 7.09. The lowest BCUT2D eigenvalue weighted by molar-refractivity contribution is 0.0605. The highest BCUT2D eigenvalue weighted by atomic mass is 35.5. The fourth-order valence-corrected chi connectivity index (χ4v) is 3.62. The van der Waals surface area contributed by atoms with Crippen LogP contribution in [0.2, 0.25) is 5.02 Å². The minimum Gasteiger partial charge on any atom is -0.465 e. The van der Waals surface area contributed by atoms with E-state index in [9.17, 15) is 9.59 Å². The van der Waals surface area contributed by atoms with Gasteiger partial charge in [-0.05, 0) is 36.3 Å². The molecule has 2 heterocycles. The number of esters is 1. The second-order valence-electron chi connectivity index (χ2n) is 5.07. The van der Waals surface area contributed by atoms with Gasteiger partial charge in [0.15, 0.2) is 0 Å². The molecule has 24 heavy (non-hydrogen) atoms. The van der Waals surface area contributed by atoms with Crippen LogP contribution in [0.5, 0.6) is 0 Å². The van der Waals surface area contributed by atoms with Gasteiger partial charge >= 0.3 is 5.97 Å². The van der Waals surface area contributed by atoms with E-state index >= 15 is 0 Å². The number of nitrogens with one attached hydrogen (secondary N) is 1. The summed E-state index contributed by atoms with van der Waals surface area (Å²) in [4.78, 5) is 32.1. The normalized spacial score (nSPS) is 11.3. The standard InChI is InChI=1S/C17H13ClN2O3S/c1-9-13-15(21)19-12(7-6-10-4-3-5-11(18)8-10)20-16(13)24-14(9)17(22)23-2/h3-8H,1-2H3,(H,19,20,21)/b7-6+. The first-order valence-corrected chi connectivity index (χ1v) is 8.24. The van der Waals surface area contributed by atoms with Gasteiger partial charge in [0.05, 0.1) is 12.5 Å². The highest BCUT2D eigenvalue weighted by Crippen LogP contribution is 2.27. The van der Waals surface area contributed by atoms with Gasteiger partial charge in [-0.25, -0.2) is 9.78 Å². The second-order valence-corrected chi connectivity index (χ2v) is 6.50. The fourth-order valence-electron chi connectivity index (χ4n) is 2.31. The number of halogens is 1. The lowest BCUT2D eigenvalue weighted by Crippen LogP contribution is -2.09. The molecule has 1 aromatic carbocycles. The molecule has 0 unspecified atom stereocenters. The van der Waals surface area contributed by atoms with E-state index in [1.165, 1.54) is 7.11 Å². The van der Waals surface area contributed by atoms with E-state index in [1.807, 2.05) is 12.1 Å². The number of ether oxygens (including phenoxy) is 1. The monoisotopic (exact) mass is 360 g/mol. The quantitative estimate of drug-likeness (QED) is 0.719. The molecule has 1 N–H and O–H groups in total. The number of thiophene rings is 1. The van der Waals surface area contributed by atoms with Crippen molar-refractivity contribution in [2.45, 2.75) is 6.92 Å². The number of hydrogen-bond acceptors (Lipinski definition) is 5. The molecule has 0 saturated heterocycles. The van der Waals surface area contributed by atoms with Crippen LogP contribution in [0.4, 0.5) is 0 Å². The number of carbonyl (C=O) groups excluding carboxylic acids is 1. The van der Waals surface area contributed by atoms with Gasteiger partial charge in [-0.2, -0.15) is 0 Å². The van der Waals surface area contributed by atoms with Crippen molar-refractivity contribution in [1.29, 1.82) is 0 Å². The van der Waals surface area contributed by atoms with Crippen molar-refractivity contribution >= 4 is 51.3 Å². The Balaban J connectivity index is 2.05. The molecular formula is C17H13ClN2O3S. The summed E-state index contributed by atoms with van der Waals surface area (Å²) < 4.78 is 4.74. The van der Waals surface area contributed by atoms with Crippen molar-refractivity contribution in [3.8, 4) is 0 Å². The smallest absolute Gasteiger partial charge is 0.348 e. The van der Waals surface area contributed by atoms with Crippen LogP contribution in [0.25, 0.3) is 22.4 Å². The number of hydrogen-bond donors (Lipinski definition) is 1. The van der Waals surface area contributed by atoms with E-state index in [0.717, 1.165) is 16.9 Å². The van der Waals surface area contributed by atoms with Gasteiger partial charge in [0.1, 0.15) is 15.5 Å². The van der Waals surface area contributed by atoms with E-state index < -0.39 is 5.97 Å². The zero-order valence-corrected chi connectivity index (χ0v) is 14.5. The van der Waals surface area contributed by atoms with E-state index in [1.54, 1.807) is 31.2 Å². The Bertz CT molecular complexity index is 1020. The number of nitrogens with zero attached hydrogens (tertiary/aromatic N) is 1. The third kappa shape index (κ3) is 3.11. The SMILES string of the molecule is COC(=O)c1sc2nc(/C=C/c3cccc(Cl)c3)[nH]c(=O)c2c1C. The lowest BCUT2D eigenvalue weighted by Gasteiger charge is -1.97. The molecule has 3 rings (SSSR count). The Morgan fingerprint density at radius 3 is 2.88 bits per heavy atom. The van der Waals surface area contributed by atoms with Crippen LogP contribution in [-0.2, 0) is 4.74 Å². The van der Waals surface area contributed by atoms with Crippen molar-refractivity contribution in [1.82, 2.24) is 9.97 Å². The first kappa shape index (κ1) is 16.4. The van der Waals surface area contributed by atoms with Gasteiger partial charge in [0.2, 0.25) is 0 Å². The number of rotatable bonds is 3. The van der Waals surface area contributed by atoms with Gasteiger partial charge in [-0.3, -0.25) is 4.79 Å². The molecule has 0 aliphatic rings. The van der Waals surface area contributed by atoms with Crippen LogP contribution in [0.3, 0.4) is 0 Å². The van der Waals surface area contributed by atoms with Crippen LogP contribution in [0.15, 0.2) is 29.1 Å². The molecule has 0 fully saturated rings. The number of aromatic amines is 1. The summed E-state index contributed by atoms with van der Waals surface area (Å²) in [5, 5.41) is 1.05. The molecule has 3 aromatic rings. The highest BCUT2D eigenvalue weighted by molar-refractivity contribution is 7.20. The Morgan fingerprint density at radius 1 is 1.38 bits per heavy atom. The number of fused-ring (bicyclic) bond motifs is 1. The number of H-pyrrole nitrogens is 1. The van der Waals surface area contributed by atoms with Crippen molar-refractivity contribution < 1.29 is 9.53 Å². The molecule has 2 aromatic heterocycles. The zero-order valence-electron chi connectivity index (χ0n) is 12.9. The molecule has 7 heteroatoms. The molecule has 0 atom stereocenters. The summed E-state index contributed by atoms with van der Waals surface area (Å²) in [7, 11) is 1.31. The molecule has 0 amide bonds. The number of benzene rings is 1. The molecule has 122 valence electrons. The van der Waals surface area contributed by atoms with Gasteiger partial charge in [-0.15, -0.1) is 11.3 Å². The largest absolute Gasteiger partial charge is 0.465 e. The van der Waals surface area contributed by atoms with Gasteiger partial charge < -0.3 is 9.72 Å². The number of aryl methyl sites for hydroxylation is 1. The fraction of sp³-hybridized carbons (Fsp3) is 0.118. The van der Waals surface area contributed by atoms with Gasteiger partial charge in [0, 0.05) is 5.02 Å².